The first-order valence-corrected chi connectivity index (χ1v) is 11.0. The highest BCUT2D eigenvalue weighted by atomic mass is 35.5. The molecule has 0 aliphatic carbocycles. The molecule has 5 rings (SSSR count). The second-order valence-corrected chi connectivity index (χ2v) is 8.68. The number of aromatic nitrogens is 4. The first-order chi connectivity index (χ1) is 14.7. The van der Waals surface area contributed by atoms with Crippen molar-refractivity contribution >= 4 is 50.3 Å². The SMILES string of the molecule is Clc1ccc(OCCc2nn3c(Cc4cccc5ccccc45)nnc3s2)c(Cl)c1. The number of nitrogens with zero attached hydrogens (tertiary/aromatic N) is 4. The Labute approximate surface area is 186 Å². The topological polar surface area (TPSA) is 52.3 Å². The summed E-state index contributed by atoms with van der Waals surface area (Å²) in [5, 5.41) is 17.8. The van der Waals surface area contributed by atoms with E-state index in [9.17, 15) is 0 Å². The molecule has 0 unspecified atom stereocenters. The van der Waals surface area contributed by atoms with Gasteiger partial charge in [-0.15, -0.1) is 10.2 Å². The maximum Gasteiger partial charge on any atom is 0.234 e. The van der Waals surface area contributed by atoms with Gasteiger partial charge in [0.1, 0.15) is 10.8 Å². The fraction of sp³-hybridized carbons (Fsp3) is 0.136. The Morgan fingerprint density at radius 3 is 2.73 bits per heavy atom. The highest BCUT2D eigenvalue weighted by Gasteiger charge is 2.14. The summed E-state index contributed by atoms with van der Waals surface area (Å²) in [7, 11) is 0. The van der Waals surface area contributed by atoms with Crippen LogP contribution in [0.15, 0.2) is 60.7 Å². The number of hydrogen-bond donors (Lipinski definition) is 0. The molecule has 0 aliphatic rings. The van der Waals surface area contributed by atoms with Gasteiger partial charge in [-0.2, -0.15) is 9.61 Å². The summed E-state index contributed by atoms with van der Waals surface area (Å²) < 4.78 is 7.60. The van der Waals surface area contributed by atoms with E-state index in [1.165, 1.54) is 27.7 Å². The molecular weight excluding hydrogens is 439 g/mol. The van der Waals surface area contributed by atoms with Crippen LogP contribution in [0, 0.1) is 0 Å². The average molecular weight is 455 g/mol. The lowest BCUT2D eigenvalue weighted by Gasteiger charge is -2.06. The second kappa shape index (κ2) is 8.22. The average Bonchev–Trinajstić information content (AvgIpc) is 3.31. The van der Waals surface area contributed by atoms with Crippen molar-refractivity contribution in [2.24, 2.45) is 0 Å². The van der Waals surface area contributed by atoms with E-state index in [1.54, 1.807) is 18.2 Å². The number of ether oxygens (including phenoxy) is 1. The third kappa shape index (κ3) is 3.86. The molecule has 0 aliphatic heterocycles. The molecule has 0 bridgehead atoms. The van der Waals surface area contributed by atoms with Gasteiger partial charge < -0.3 is 4.74 Å². The molecule has 150 valence electrons. The molecule has 2 heterocycles. The van der Waals surface area contributed by atoms with E-state index in [4.69, 9.17) is 33.0 Å². The third-order valence-electron chi connectivity index (χ3n) is 4.79. The zero-order valence-electron chi connectivity index (χ0n) is 15.8. The minimum Gasteiger partial charge on any atom is -0.492 e. The van der Waals surface area contributed by atoms with E-state index in [-0.39, 0.29) is 0 Å². The summed E-state index contributed by atoms with van der Waals surface area (Å²) in [5.41, 5.74) is 1.21. The van der Waals surface area contributed by atoms with Crippen LogP contribution < -0.4 is 4.74 Å². The van der Waals surface area contributed by atoms with Crippen molar-refractivity contribution in [1.82, 2.24) is 19.8 Å². The Kier molecular flexibility index (Phi) is 5.29. The molecule has 0 saturated carbocycles. The maximum atomic E-state index is 6.15. The van der Waals surface area contributed by atoms with Crippen LogP contribution in [0.4, 0.5) is 0 Å². The summed E-state index contributed by atoms with van der Waals surface area (Å²) in [5.74, 6) is 1.44. The van der Waals surface area contributed by atoms with Gasteiger partial charge in [-0.3, -0.25) is 0 Å². The largest absolute Gasteiger partial charge is 0.492 e. The van der Waals surface area contributed by atoms with Gasteiger partial charge in [0.15, 0.2) is 5.82 Å². The zero-order valence-corrected chi connectivity index (χ0v) is 18.1. The molecule has 5 nitrogen and oxygen atoms in total. The van der Waals surface area contributed by atoms with E-state index < -0.39 is 0 Å². The molecule has 0 fully saturated rings. The van der Waals surface area contributed by atoms with Crippen LogP contribution in [0.25, 0.3) is 15.7 Å². The summed E-state index contributed by atoms with van der Waals surface area (Å²) in [4.78, 5) is 0.782. The van der Waals surface area contributed by atoms with Crippen LogP contribution >= 0.6 is 34.5 Å². The Bertz CT molecular complexity index is 1340. The number of fused-ring (bicyclic) bond motifs is 2. The lowest BCUT2D eigenvalue weighted by atomic mass is 10.0. The van der Waals surface area contributed by atoms with Crippen LogP contribution in [0.2, 0.25) is 10.0 Å². The van der Waals surface area contributed by atoms with Crippen LogP contribution in [-0.2, 0) is 12.8 Å². The molecule has 3 aromatic carbocycles. The maximum absolute atomic E-state index is 6.15. The van der Waals surface area contributed by atoms with Gasteiger partial charge in [-0.05, 0) is 34.5 Å². The third-order valence-corrected chi connectivity index (χ3v) is 6.28. The monoisotopic (exact) mass is 454 g/mol. The molecule has 0 spiro atoms. The molecule has 0 amide bonds. The van der Waals surface area contributed by atoms with Crippen molar-refractivity contribution in [3.05, 3.63) is 87.1 Å². The van der Waals surface area contributed by atoms with E-state index in [2.05, 4.69) is 46.6 Å². The van der Waals surface area contributed by atoms with Crippen LogP contribution in [0.3, 0.4) is 0 Å². The van der Waals surface area contributed by atoms with Gasteiger partial charge in [0.05, 0.1) is 11.6 Å². The Morgan fingerprint density at radius 2 is 1.83 bits per heavy atom. The molecule has 0 atom stereocenters. The van der Waals surface area contributed by atoms with Crippen LogP contribution in [-0.4, -0.2) is 26.4 Å². The number of rotatable bonds is 6. The van der Waals surface area contributed by atoms with Gasteiger partial charge in [-0.25, -0.2) is 0 Å². The molecule has 0 saturated heterocycles. The van der Waals surface area contributed by atoms with Gasteiger partial charge in [-0.1, -0.05) is 77.0 Å². The van der Waals surface area contributed by atoms with E-state index in [1.807, 2.05) is 10.6 Å². The summed E-state index contributed by atoms with van der Waals surface area (Å²) in [6, 6.07) is 19.9. The number of benzene rings is 3. The van der Waals surface area contributed by atoms with Crippen molar-refractivity contribution in [3.8, 4) is 5.75 Å². The minimum absolute atomic E-state index is 0.462. The van der Waals surface area contributed by atoms with Crippen molar-refractivity contribution in [2.45, 2.75) is 12.8 Å². The van der Waals surface area contributed by atoms with Crippen molar-refractivity contribution in [1.29, 1.82) is 0 Å². The fourth-order valence-corrected chi connectivity index (χ4v) is 4.66. The Hall–Kier alpha value is -2.67. The smallest absolute Gasteiger partial charge is 0.234 e. The molecule has 8 heteroatoms. The Balaban J connectivity index is 1.32. The summed E-state index contributed by atoms with van der Waals surface area (Å²) >= 11 is 13.6. The zero-order chi connectivity index (χ0) is 20.5. The first kappa shape index (κ1) is 19.3. The highest BCUT2D eigenvalue weighted by molar-refractivity contribution is 7.16. The number of hydrogen-bond acceptors (Lipinski definition) is 5. The molecule has 0 N–H and O–H groups in total. The van der Waals surface area contributed by atoms with Crippen molar-refractivity contribution in [2.75, 3.05) is 6.61 Å². The van der Waals surface area contributed by atoms with E-state index in [0.717, 1.165) is 15.8 Å². The molecule has 2 aromatic heterocycles. The van der Waals surface area contributed by atoms with E-state index >= 15 is 0 Å². The number of halogens is 2. The molecular formula is C22H16Cl2N4OS. The lowest BCUT2D eigenvalue weighted by Crippen LogP contribution is -2.03. The lowest BCUT2D eigenvalue weighted by molar-refractivity contribution is 0.321. The van der Waals surface area contributed by atoms with Crippen LogP contribution in [0.1, 0.15) is 16.4 Å². The fourth-order valence-electron chi connectivity index (χ4n) is 3.37. The first-order valence-electron chi connectivity index (χ1n) is 9.42. The minimum atomic E-state index is 0.462. The van der Waals surface area contributed by atoms with Crippen molar-refractivity contribution < 1.29 is 4.74 Å². The normalized spacial score (nSPS) is 11.4. The standard InChI is InChI=1S/C22H16Cl2N4OS/c23-16-8-9-19(18(24)13-16)29-11-10-21-27-28-20(25-26-22(28)30-21)12-15-6-3-5-14-4-1-2-7-17(14)15/h1-9,13H,10-12H2. The summed E-state index contributed by atoms with van der Waals surface area (Å²) in [6.07, 6.45) is 1.32. The second-order valence-electron chi connectivity index (χ2n) is 6.79. The van der Waals surface area contributed by atoms with Gasteiger partial charge in [0, 0.05) is 17.9 Å². The van der Waals surface area contributed by atoms with Crippen LogP contribution in [0.5, 0.6) is 5.75 Å². The van der Waals surface area contributed by atoms with Crippen molar-refractivity contribution in [3.63, 3.8) is 0 Å². The summed E-state index contributed by atoms with van der Waals surface area (Å²) in [6.45, 7) is 0.462. The van der Waals surface area contributed by atoms with Gasteiger partial charge in [0.2, 0.25) is 4.96 Å². The predicted octanol–water partition coefficient (Wildman–Crippen LogP) is 5.86. The molecule has 0 radical (unpaired) electrons. The highest BCUT2D eigenvalue weighted by Crippen LogP contribution is 2.28. The predicted molar refractivity (Wildman–Crippen MR) is 121 cm³/mol. The van der Waals surface area contributed by atoms with E-state index in [0.29, 0.717) is 35.2 Å². The quantitative estimate of drug-likeness (QED) is 0.322. The van der Waals surface area contributed by atoms with Gasteiger partial charge in [0.25, 0.3) is 0 Å². The molecule has 5 aromatic rings. The molecule has 30 heavy (non-hydrogen) atoms. The Morgan fingerprint density at radius 1 is 0.967 bits per heavy atom. The van der Waals surface area contributed by atoms with Gasteiger partial charge >= 0.3 is 0 Å².